The third-order valence-electron chi connectivity index (χ3n) is 3.28. The van der Waals surface area contributed by atoms with Crippen LogP contribution in [-0.2, 0) is 6.42 Å². The number of nitrogens with two attached hydrogens (primary N) is 1. The van der Waals surface area contributed by atoms with Gasteiger partial charge in [0.2, 0.25) is 5.75 Å². The van der Waals surface area contributed by atoms with Crippen LogP contribution in [0.4, 0.5) is 5.82 Å². The smallest absolute Gasteiger partial charge is 0.203 e. The average molecular weight is 242 g/mol. The summed E-state index contributed by atoms with van der Waals surface area (Å²) >= 11 is 0. The first-order chi connectivity index (χ1) is 8.76. The van der Waals surface area contributed by atoms with E-state index in [-0.39, 0.29) is 0 Å². The highest BCUT2D eigenvalue weighted by Crippen LogP contribution is 2.46. The molecule has 1 aliphatic rings. The molecule has 0 unspecified atom stereocenters. The van der Waals surface area contributed by atoms with Gasteiger partial charge in [-0.2, -0.15) is 0 Å². The summed E-state index contributed by atoms with van der Waals surface area (Å²) in [6.07, 6.45) is 0.804. The molecule has 1 aromatic heterocycles. The summed E-state index contributed by atoms with van der Waals surface area (Å²) in [6.45, 7) is 0. The molecular weight excluding hydrogens is 228 g/mol. The molecule has 92 valence electrons. The lowest BCUT2D eigenvalue weighted by molar-refractivity contribution is 0.353. The Labute approximate surface area is 105 Å². The van der Waals surface area contributed by atoms with Crippen LogP contribution in [0.1, 0.15) is 11.1 Å². The Morgan fingerprint density at radius 3 is 2.56 bits per heavy atom. The van der Waals surface area contributed by atoms with E-state index in [1.54, 1.807) is 14.2 Å². The zero-order chi connectivity index (χ0) is 12.7. The Morgan fingerprint density at radius 2 is 1.83 bits per heavy atom. The highest BCUT2D eigenvalue weighted by Gasteiger charge is 2.27. The van der Waals surface area contributed by atoms with Gasteiger partial charge in [0.25, 0.3) is 0 Å². The molecule has 0 radical (unpaired) electrons. The molecule has 3 rings (SSSR count). The number of nitrogens with zero attached hydrogens (tertiary/aromatic N) is 1. The number of anilines is 1. The lowest BCUT2D eigenvalue weighted by Crippen LogP contribution is -2.02. The molecule has 1 heterocycles. The Morgan fingerprint density at radius 1 is 1.11 bits per heavy atom. The standard InChI is InChI=1S/C14H14N2O2/c1-17-12-10-7-8-5-3-4-6-9(8)11(10)16-14(15)13(12)18-2/h3-6H,7H2,1-2H3,(H2,15,16). The maximum absolute atomic E-state index is 5.92. The number of benzene rings is 1. The second kappa shape index (κ2) is 3.91. The number of methoxy groups -OCH3 is 2. The van der Waals surface area contributed by atoms with Crippen LogP contribution in [-0.4, -0.2) is 19.2 Å². The van der Waals surface area contributed by atoms with Crippen LogP contribution in [0.25, 0.3) is 11.3 Å². The fourth-order valence-corrected chi connectivity index (χ4v) is 2.50. The summed E-state index contributed by atoms with van der Waals surface area (Å²) in [5.41, 5.74) is 10.2. The van der Waals surface area contributed by atoms with Gasteiger partial charge in [-0.25, -0.2) is 4.98 Å². The quantitative estimate of drug-likeness (QED) is 0.748. The molecule has 0 saturated heterocycles. The molecule has 0 spiro atoms. The van der Waals surface area contributed by atoms with Gasteiger partial charge >= 0.3 is 0 Å². The summed E-state index contributed by atoms with van der Waals surface area (Å²) in [5.74, 6) is 1.57. The molecule has 18 heavy (non-hydrogen) atoms. The first-order valence-corrected chi connectivity index (χ1v) is 5.75. The molecule has 4 nitrogen and oxygen atoms in total. The van der Waals surface area contributed by atoms with Crippen molar-refractivity contribution in [2.24, 2.45) is 0 Å². The third kappa shape index (κ3) is 1.35. The van der Waals surface area contributed by atoms with E-state index in [1.807, 2.05) is 12.1 Å². The number of fused-ring (bicyclic) bond motifs is 3. The van der Waals surface area contributed by atoms with Crippen molar-refractivity contribution in [1.82, 2.24) is 4.98 Å². The first-order valence-electron chi connectivity index (χ1n) is 5.75. The molecule has 0 bridgehead atoms. The van der Waals surface area contributed by atoms with Crippen molar-refractivity contribution in [2.45, 2.75) is 6.42 Å². The fraction of sp³-hybridized carbons (Fsp3) is 0.214. The molecule has 1 aliphatic carbocycles. The maximum atomic E-state index is 5.92. The Kier molecular flexibility index (Phi) is 2.37. The molecule has 0 fully saturated rings. The number of rotatable bonds is 2. The van der Waals surface area contributed by atoms with Gasteiger partial charge in [0, 0.05) is 17.5 Å². The maximum Gasteiger partial charge on any atom is 0.203 e. The van der Waals surface area contributed by atoms with Crippen LogP contribution in [0.2, 0.25) is 0 Å². The number of hydrogen-bond acceptors (Lipinski definition) is 4. The first kappa shape index (κ1) is 10.9. The van der Waals surface area contributed by atoms with Crippen LogP contribution in [0.15, 0.2) is 24.3 Å². The van der Waals surface area contributed by atoms with Gasteiger partial charge in [-0.15, -0.1) is 0 Å². The summed E-state index contributed by atoms with van der Waals surface area (Å²) in [6, 6.07) is 8.18. The van der Waals surface area contributed by atoms with Gasteiger partial charge in [-0.05, 0) is 5.56 Å². The fourth-order valence-electron chi connectivity index (χ4n) is 2.50. The number of hydrogen-bond donors (Lipinski definition) is 1. The highest BCUT2D eigenvalue weighted by atomic mass is 16.5. The van der Waals surface area contributed by atoms with E-state index in [1.165, 1.54) is 5.56 Å². The van der Waals surface area contributed by atoms with Gasteiger partial charge in [0.05, 0.1) is 19.9 Å². The van der Waals surface area contributed by atoms with Crippen molar-refractivity contribution in [3.05, 3.63) is 35.4 Å². The molecule has 0 saturated carbocycles. The van der Waals surface area contributed by atoms with Gasteiger partial charge < -0.3 is 15.2 Å². The minimum Gasteiger partial charge on any atom is -0.492 e. The summed E-state index contributed by atoms with van der Waals surface area (Å²) in [5, 5.41) is 0. The van der Waals surface area contributed by atoms with Gasteiger partial charge in [0.15, 0.2) is 11.6 Å². The Hall–Kier alpha value is -2.23. The van der Waals surface area contributed by atoms with Crippen molar-refractivity contribution in [3.63, 3.8) is 0 Å². The lowest BCUT2D eigenvalue weighted by Gasteiger charge is -2.13. The predicted octanol–water partition coefficient (Wildman–Crippen LogP) is 2.25. The van der Waals surface area contributed by atoms with E-state index < -0.39 is 0 Å². The molecule has 4 heteroatoms. The summed E-state index contributed by atoms with van der Waals surface area (Å²) < 4.78 is 10.7. The van der Waals surface area contributed by atoms with E-state index in [0.717, 1.165) is 23.2 Å². The van der Waals surface area contributed by atoms with Crippen molar-refractivity contribution < 1.29 is 9.47 Å². The van der Waals surface area contributed by atoms with E-state index in [0.29, 0.717) is 17.3 Å². The van der Waals surface area contributed by atoms with Gasteiger partial charge in [0.1, 0.15) is 0 Å². The van der Waals surface area contributed by atoms with E-state index in [9.17, 15) is 0 Å². The highest BCUT2D eigenvalue weighted by molar-refractivity contribution is 5.80. The van der Waals surface area contributed by atoms with E-state index in [2.05, 4.69) is 17.1 Å². The van der Waals surface area contributed by atoms with Crippen LogP contribution in [0, 0.1) is 0 Å². The van der Waals surface area contributed by atoms with Crippen LogP contribution in [0.5, 0.6) is 11.5 Å². The minimum absolute atomic E-state index is 0.366. The van der Waals surface area contributed by atoms with E-state index in [4.69, 9.17) is 15.2 Å². The lowest BCUT2D eigenvalue weighted by atomic mass is 10.1. The molecule has 1 aromatic carbocycles. The van der Waals surface area contributed by atoms with E-state index >= 15 is 0 Å². The van der Waals surface area contributed by atoms with Gasteiger partial charge in [-0.3, -0.25) is 0 Å². The third-order valence-corrected chi connectivity index (χ3v) is 3.28. The molecule has 0 atom stereocenters. The SMILES string of the molecule is COc1c(N)nc2c(c1OC)Cc1ccccc1-2. The van der Waals surface area contributed by atoms with Crippen molar-refractivity contribution in [3.8, 4) is 22.8 Å². The summed E-state index contributed by atoms with van der Waals surface area (Å²) in [7, 11) is 3.20. The number of nitrogen functional groups attached to an aromatic ring is 1. The van der Waals surface area contributed by atoms with Crippen LogP contribution < -0.4 is 15.2 Å². The molecule has 0 amide bonds. The predicted molar refractivity (Wildman–Crippen MR) is 70.0 cm³/mol. The Bertz CT molecular complexity index is 623. The van der Waals surface area contributed by atoms with Crippen LogP contribution >= 0.6 is 0 Å². The van der Waals surface area contributed by atoms with Crippen molar-refractivity contribution >= 4 is 5.82 Å². The molecule has 0 aliphatic heterocycles. The second-order valence-electron chi connectivity index (χ2n) is 4.22. The van der Waals surface area contributed by atoms with Crippen molar-refractivity contribution in [1.29, 1.82) is 0 Å². The minimum atomic E-state index is 0.366. The number of ether oxygens (including phenoxy) is 2. The molecule has 2 N–H and O–H groups in total. The monoisotopic (exact) mass is 242 g/mol. The Balaban J connectivity index is 2.29. The van der Waals surface area contributed by atoms with Crippen molar-refractivity contribution in [2.75, 3.05) is 20.0 Å². The zero-order valence-electron chi connectivity index (χ0n) is 10.4. The van der Waals surface area contributed by atoms with Crippen LogP contribution in [0.3, 0.4) is 0 Å². The number of pyridine rings is 1. The normalized spacial score (nSPS) is 11.9. The number of aromatic nitrogens is 1. The summed E-state index contributed by atoms with van der Waals surface area (Å²) in [4.78, 5) is 4.45. The molecule has 2 aromatic rings. The average Bonchev–Trinajstić information content (AvgIpc) is 2.75. The topological polar surface area (TPSA) is 57.4 Å². The zero-order valence-corrected chi connectivity index (χ0v) is 10.4. The van der Waals surface area contributed by atoms with Gasteiger partial charge in [-0.1, -0.05) is 24.3 Å². The molecular formula is C14H14N2O2. The largest absolute Gasteiger partial charge is 0.492 e. The second-order valence-corrected chi connectivity index (χ2v) is 4.22.